The number of carbonyl (C=O) groups is 1. The monoisotopic (exact) mass is 343 g/mol. The number of hydrogen-bond donors (Lipinski definition) is 2. The molecule has 0 heterocycles. The number of halogens is 1. The van der Waals surface area contributed by atoms with E-state index in [1.807, 2.05) is 42.5 Å². The highest BCUT2D eigenvalue weighted by atomic mass is 19.1. The van der Waals surface area contributed by atoms with Gasteiger partial charge in [-0.05, 0) is 36.1 Å². The minimum Gasteiger partial charge on any atom is -0.377 e. The quantitative estimate of drug-likeness (QED) is 0.560. The number of hydrogen-bond acceptors (Lipinski definition) is 3. The molecule has 0 radical (unpaired) electrons. The molecule has 0 aliphatic carbocycles. The molecule has 1 amide bonds. The van der Waals surface area contributed by atoms with E-state index in [-0.39, 0.29) is 11.9 Å². The third kappa shape index (κ3) is 5.81. The first kappa shape index (κ1) is 18.8. The Balaban J connectivity index is 2.06. The van der Waals surface area contributed by atoms with Crippen molar-refractivity contribution in [3.05, 3.63) is 77.6 Å². The van der Waals surface area contributed by atoms with Gasteiger partial charge >= 0.3 is 0 Å². The summed E-state index contributed by atoms with van der Waals surface area (Å²) in [6, 6.07) is 15.7. The molecule has 0 spiro atoms. The lowest BCUT2D eigenvalue weighted by molar-refractivity contribution is -0.134. The Morgan fingerprint density at radius 3 is 2.48 bits per heavy atom. The smallest absolute Gasteiger partial charge is 0.246 e. The number of ether oxygens (including phenoxy) is 1. The summed E-state index contributed by atoms with van der Waals surface area (Å²) in [5, 5.41) is 9.00. The Kier molecular flexibility index (Phi) is 7.32. The average molecular weight is 343 g/mol. The van der Waals surface area contributed by atoms with Crippen LogP contribution < -0.4 is 5.48 Å². The number of allylic oxidation sites excluding steroid dienone is 1. The van der Waals surface area contributed by atoms with Gasteiger partial charge in [-0.3, -0.25) is 10.0 Å². The fourth-order valence-corrected chi connectivity index (χ4v) is 2.64. The van der Waals surface area contributed by atoms with E-state index in [0.29, 0.717) is 12.8 Å². The maximum absolute atomic E-state index is 13.1. The molecule has 0 aromatic heterocycles. The van der Waals surface area contributed by atoms with Gasteiger partial charge in [-0.15, -0.1) is 0 Å². The van der Waals surface area contributed by atoms with Crippen molar-refractivity contribution in [1.82, 2.24) is 5.48 Å². The summed E-state index contributed by atoms with van der Waals surface area (Å²) in [6.45, 7) is 0. The number of rotatable bonds is 8. The van der Waals surface area contributed by atoms with Gasteiger partial charge in [-0.25, -0.2) is 9.87 Å². The minimum absolute atomic E-state index is 0.325. The standard InChI is InChI=1S/C20H22FNO3/c1-25-19(16-10-12-18(21)13-11-16)14-17(20(23)22-24)9-5-8-15-6-3-2-4-7-15/h2-8,10-13,17,19,24H,9,14H2,1H3,(H,22,23)/b8-5+/t17?,19-/m1/s1. The van der Waals surface area contributed by atoms with Crippen LogP contribution in [0.15, 0.2) is 60.7 Å². The van der Waals surface area contributed by atoms with Crippen LogP contribution >= 0.6 is 0 Å². The average Bonchev–Trinajstić information content (AvgIpc) is 2.65. The Bertz CT molecular complexity index is 686. The zero-order valence-corrected chi connectivity index (χ0v) is 14.1. The van der Waals surface area contributed by atoms with Crippen LogP contribution in [0.4, 0.5) is 4.39 Å². The first-order valence-corrected chi connectivity index (χ1v) is 8.08. The second-order valence-electron chi connectivity index (χ2n) is 5.73. The summed E-state index contributed by atoms with van der Waals surface area (Å²) in [5.74, 6) is -1.27. The summed E-state index contributed by atoms with van der Waals surface area (Å²) in [6.07, 6.45) is 4.27. The highest BCUT2D eigenvalue weighted by Crippen LogP contribution is 2.27. The largest absolute Gasteiger partial charge is 0.377 e. The van der Waals surface area contributed by atoms with E-state index in [1.54, 1.807) is 24.7 Å². The molecule has 132 valence electrons. The number of hydroxylamine groups is 1. The Hall–Kier alpha value is -2.50. The second kappa shape index (κ2) is 9.71. The summed E-state index contributed by atoms with van der Waals surface area (Å²) >= 11 is 0. The number of methoxy groups -OCH3 is 1. The lowest BCUT2D eigenvalue weighted by atomic mass is 9.93. The Morgan fingerprint density at radius 2 is 1.88 bits per heavy atom. The molecule has 0 aliphatic rings. The molecule has 0 saturated heterocycles. The number of benzene rings is 2. The summed E-state index contributed by atoms with van der Waals surface area (Å²) in [7, 11) is 1.54. The van der Waals surface area contributed by atoms with Crippen molar-refractivity contribution in [2.24, 2.45) is 5.92 Å². The van der Waals surface area contributed by atoms with Crippen LogP contribution in [0.2, 0.25) is 0 Å². The van der Waals surface area contributed by atoms with Gasteiger partial charge in [0.25, 0.3) is 0 Å². The molecule has 0 saturated carbocycles. The summed E-state index contributed by atoms with van der Waals surface area (Å²) < 4.78 is 18.5. The van der Waals surface area contributed by atoms with Gasteiger partial charge in [-0.1, -0.05) is 54.6 Å². The third-order valence-corrected chi connectivity index (χ3v) is 4.04. The summed E-state index contributed by atoms with van der Waals surface area (Å²) in [4.78, 5) is 12.0. The molecule has 1 unspecified atom stereocenters. The molecule has 2 aromatic carbocycles. The third-order valence-electron chi connectivity index (χ3n) is 4.04. The highest BCUT2D eigenvalue weighted by Gasteiger charge is 2.23. The van der Waals surface area contributed by atoms with Gasteiger partial charge in [0.15, 0.2) is 0 Å². The van der Waals surface area contributed by atoms with Crippen molar-refractivity contribution < 1.29 is 19.1 Å². The van der Waals surface area contributed by atoms with E-state index >= 15 is 0 Å². The van der Waals surface area contributed by atoms with E-state index in [2.05, 4.69) is 0 Å². The fourth-order valence-electron chi connectivity index (χ4n) is 2.64. The van der Waals surface area contributed by atoms with Crippen LogP contribution in [0.3, 0.4) is 0 Å². The van der Waals surface area contributed by atoms with Gasteiger partial charge in [0, 0.05) is 13.0 Å². The van der Waals surface area contributed by atoms with Crippen LogP contribution in [0.25, 0.3) is 6.08 Å². The zero-order valence-electron chi connectivity index (χ0n) is 14.1. The molecule has 2 rings (SSSR count). The topological polar surface area (TPSA) is 58.6 Å². The number of nitrogens with one attached hydrogen (secondary N) is 1. The molecule has 0 aliphatic heterocycles. The van der Waals surface area contributed by atoms with E-state index in [1.165, 1.54) is 12.1 Å². The van der Waals surface area contributed by atoms with Crippen LogP contribution in [-0.4, -0.2) is 18.2 Å². The Labute approximate surface area is 146 Å². The van der Waals surface area contributed by atoms with Crippen molar-refractivity contribution in [3.8, 4) is 0 Å². The van der Waals surface area contributed by atoms with Gasteiger partial charge in [0.2, 0.25) is 5.91 Å². The van der Waals surface area contributed by atoms with Gasteiger partial charge in [0.05, 0.1) is 6.10 Å². The van der Waals surface area contributed by atoms with Crippen LogP contribution in [0, 0.1) is 11.7 Å². The van der Waals surface area contributed by atoms with E-state index in [9.17, 15) is 9.18 Å². The predicted octanol–water partition coefficient (Wildman–Crippen LogP) is 4.13. The molecule has 0 bridgehead atoms. The number of amides is 1. The lowest BCUT2D eigenvalue weighted by Crippen LogP contribution is -2.29. The van der Waals surface area contributed by atoms with Gasteiger partial charge in [-0.2, -0.15) is 0 Å². The first-order chi connectivity index (χ1) is 12.1. The number of carbonyl (C=O) groups excluding carboxylic acids is 1. The van der Waals surface area contributed by atoms with E-state index in [0.717, 1.165) is 11.1 Å². The molecule has 25 heavy (non-hydrogen) atoms. The maximum atomic E-state index is 13.1. The van der Waals surface area contributed by atoms with Crippen LogP contribution in [0.5, 0.6) is 0 Å². The molecule has 2 N–H and O–H groups in total. The molecule has 2 aromatic rings. The van der Waals surface area contributed by atoms with Crippen molar-refractivity contribution >= 4 is 12.0 Å². The molecule has 5 heteroatoms. The minimum atomic E-state index is -0.472. The summed E-state index contributed by atoms with van der Waals surface area (Å²) in [5.41, 5.74) is 3.53. The SMILES string of the molecule is CO[C@H](CC(C/C=C/c1ccccc1)C(=O)NO)c1ccc(F)cc1. The maximum Gasteiger partial charge on any atom is 0.246 e. The van der Waals surface area contributed by atoms with Crippen molar-refractivity contribution in [3.63, 3.8) is 0 Å². The second-order valence-corrected chi connectivity index (χ2v) is 5.73. The van der Waals surface area contributed by atoms with Gasteiger partial charge < -0.3 is 4.74 Å². The van der Waals surface area contributed by atoms with E-state index in [4.69, 9.17) is 9.94 Å². The van der Waals surface area contributed by atoms with Crippen molar-refractivity contribution in [1.29, 1.82) is 0 Å². The molecular weight excluding hydrogens is 321 g/mol. The zero-order chi connectivity index (χ0) is 18.1. The van der Waals surface area contributed by atoms with Crippen LogP contribution in [-0.2, 0) is 9.53 Å². The van der Waals surface area contributed by atoms with E-state index < -0.39 is 11.8 Å². The highest BCUT2D eigenvalue weighted by molar-refractivity contribution is 5.77. The normalized spacial score (nSPS) is 13.6. The molecule has 4 nitrogen and oxygen atoms in total. The fraction of sp³-hybridized carbons (Fsp3) is 0.250. The van der Waals surface area contributed by atoms with Gasteiger partial charge in [0.1, 0.15) is 5.82 Å². The van der Waals surface area contributed by atoms with Crippen molar-refractivity contribution in [2.45, 2.75) is 18.9 Å². The van der Waals surface area contributed by atoms with Crippen molar-refractivity contribution in [2.75, 3.05) is 7.11 Å². The Morgan fingerprint density at radius 1 is 1.20 bits per heavy atom. The molecule has 2 atom stereocenters. The van der Waals surface area contributed by atoms with Crippen LogP contribution in [0.1, 0.15) is 30.1 Å². The lowest BCUT2D eigenvalue weighted by Gasteiger charge is -2.21. The first-order valence-electron chi connectivity index (χ1n) is 8.08. The predicted molar refractivity (Wildman–Crippen MR) is 94.3 cm³/mol. The molecular formula is C20H22FNO3. The molecule has 0 fully saturated rings.